The predicted molar refractivity (Wildman–Crippen MR) is 95.1 cm³/mol. The number of anilines is 1. The Balaban J connectivity index is 1.73. The lowest BCUT2D eigenvalue weighted by molar-refractivity contribution is 0.785. The van der Waals surface area contributed by atoms with Crippen molar-refractivity contribution < 1.29 is 0 Å². The molecule has 126 valence electrons. The van der Waals surface area contributed by atoms with Crippen molar-refractivity contribution in [2.75, 3.05) is 18.5 Å². The molecular weight excluding hydrogens is 316 g/mol. The van der Waals surface area contributed by atoms with Gasteiger partial charge in [0.05, 0.1) is 17.8 Å². The summed E-state index contributed by atoms with van der Waals surface area (Å²) in [6.45, 7) is 0.816. The number of nitrogens with zero attached hydrogens (tertiary/aromatic N) is 7. The molecule has 0 aliphatic carbocycles. The summed E-state index contributed by atoms with van der Waals surface area (Å²) in [5.74, 6) is 1.54. The minimum absolute atomic E-state index is 0.670. The van der Waals surface area contributed by atoms with Crippen LogP contribution in [0.2, 0.25) is 0 Å². The van der Waals surface area contributed by atoms with E-state index >= 15 is 0 Å². The smallest absolute Gasteiger partial charge is 0.164 e. The largest absolute Gasteiger partial charge is 0.359 e. The molecule has 0 unspecified atom stereocenters. The van der Waals surface area contributed by atoms with Crippen LogP contribution in [0.3, 0.4) is 0 Å². The topological polar surface area (TPSA) is 88.4 Å². The number of hydrogen-bond acceptors (Lipinski definition) is 6. The Kier molecular flexibility index (Phi) is 3.85. The number of aromatic amines is 1. The molecule has 0 atom stereocenters. The van der Waals surface area contributed by atoms with E-state index in [1.165, 1.54) is 0 Å². The summed E-state index contributed by atoms with van der Waals surface area (Å²) in [4.78, 5) is 15.7. The van der Waals surface area contributed by atoms with Crippen molar-refractivity contribution in [1.82, 2.24) is 34.9 Å². The van der Waals surface area contributed by atoms with Crippen LogP contribution in [0.1, 0.15) is 5.56 Å². The first kappa shape index (κ1) is 15.3. The van der Waals surface area contributed by atoms with Crippen LogP contribution in [0.5, 0.6) is 0 Å². The Morgan fingerprint density at radius 1 is 1.16 bits per heavy atom. The number of hydrogen-bond donors (Lipinski definition) is 1. The van der Waals surface area contributed by atoms with Crippen LogP contribution >= 0.6 is 0 Å². The molecule has 0 amide bonds. The van der Waals surface area contributed by atoms with Gasteiger partial charge >= 0.3 is 0 Å². The highest BCUT2D eigenvalue weighted by Crippen LogP contribution is 2.26. The van der Waals surface area contributed by atoms with Crippen LogP contribution in [0.4, 0.5) is 5.82 Å². The van der Waals surface area contributed by atoms with Crippen molar-refractivity contribution >= 4 is 16.9 Å². The number of aryl methyl sites for hydroxylation is 1. The molecule has 0 saturated heterocycles. The van der Waals surface area contributed by atoms with Gasteiger partial charge < -0.3 is 4.90 Å². The van der Waals surface area contributed by atoms with E-state index < -0.39 is 0 Å². The monoisotopic (exact) mass is 334 g/mol. The van der Waals surface area contributed by atoms with E-state index in [-0.39, 0.29) is 0 Å². The molecule has 4 heterocycles. The molecule has 8 nitrogen and oxygen atoms in total. The highest BCUT2D eigenvalue weighted by atomic mass is 15.3. The molecular formula is C17H18N8. The summed E-state index contributed by atoms with van der Waals surface area (Å²) in [7, 11) is 3.92. The fourth-order valence-electron chi connectivity index (χ4n) is 2.75. The zero-order chi connectivity index (χ0) is 17.2. The molecule has 4 aromatic rings. The number of nitrogens with one attached hydrogen (secondary N) is 1. The third-order valence-electron chi connectivity index (χ3n) is 4.16. The van der Waals surface area contributed by atoms with Crippen molar-refractivity contribution in [1.29, 1.82) is 0 Å². The second kappa shape index (κ2) is 6.31. The number of H-pyrrole nitrogens is 1. The molecule has 1 N–H and O–H groups in total. The lowest BCUT2D eigenvalue weighted by Gasteiger charge is -2.19. The minimum Gasteiger partial charge on any atom is -0.359 e. The second-order valence-electron chi connectivity index (χ2n) is 5.89. The lowest BCUT2D eigenvalue weighted by Crippen LogP contribution is -2.22. The maximum Gasteiger partial charge on any atom is 0.164 e. The second-order valence-corrected chi connectivity index (χ2v) is 5.89. The summed E-state index contributed by atoms with van der Waals surface area (Å²) < 4.78 is 1.77. The SMILES string of the molecule is CN(CCc1cn[nH]c1)c1nc(-c2ccncc2)nc2c1cnn2C. The first-order valence-electron chi connectivity index (χ1n) is 8.01. The molecule has 0 radical (unpaired) electrons. The summed E-state index contributed by atoms with van der Waals surface area (Å²) in [6, 6.07) is 3.82. The molecule has 8 heteroatoms. The van der Waals surface area contributed by atoms with E-state index in [2.05, 4.69) is 30.2 Å². The van der Waals surface area contributed by atoms with Gasteiger partial charge in [-0.1, -0.05) is 0 Å². The van der Waals surface area contributed by atoms with Crippen molar-refractivity contribution in [3.05, 3.63) is 48.7 Å². The van der Waals surface area contributed by atoms with Crippen molar-refractivity contribution in [2.24, 2.45) is 7.05 Å². The Bertz CT molecular complexity index is 975. The fourth-order valence-corrected chi connectivity index (χ4v) is 2.75. The summed E-state index contributed by atoms with van der Waals surface area (Å²) in [6.07, 6.45) is 9.94. The van der Waals surface area contributed by atoms with Crippen molar-refractivity contribution in [3.8, 4) is 11.4 Å². The quantitative estimate of drug-likeness (QED) is 0.599. The standard InChI is InChI=1S/C17H18N8/c1-24(8-5-12-9-19-20-10-12)16-14-11-21-25(2)17(14)23-15(22-16)13-3-6-18-7-4-13/h3-4,6-7,9-11H,5,8H2,1-2H3,(H,19,20). The van der Waals surface area contributed by atoms with Gasteiger partial charge in [0.1, 0.15) is 5.82 Å². The maximum absolute atomic E-state index is 4.79. The van der Waals surface area contributed by atoms with Gasteiger partial charge in [-0.25, -0.2) is 9.97 Å². The third-order valence-corrected chi connectivity index (χ3v) is 4.16. The van der Waals surface area contributed by atoms with Gasteiger partial charge in [0, 0.05) is 44.8 Å². The predicted octanol–water partition coefficient (Wildman–Crippen LogP) is 1.83. The Labute approximate surface area is 144 Å². The van der Waals surface area contributed by atoms with Crippen LogP contribution in [0.15, 0.2) is 43.1 Å². The Morgan fingerprint density at radius 3 is 2.76 bits per heavy atom. The molecule has 0 spiro atoms. The lowest BCUT2D eigenvalue weighted by atomic mass is 10.2. The van der Waals surface area contributed by atoms with Gasteiger partial charge in [0.2, 0.25) is 0 Å². The van der Waals surface area contributed by atoms with Crippen molar-refractivity contribution in [2.45, 2.75) is 6.42 Å². The highest BCUT2D eigenvalue weighted by Gasteiger charge is 2.16. The summed E-state index contributed by atoms with van der Waals surface area (Å²) in [5.41, 5.74) is 2.91. The van der Waals surface area contributed by atoms with E-state index in [1.807, 2.05) is 44.8 Å². The number of pyridine rings is 1. The van der Waals surface area contributed by atoms with E-state index in [1.54, 1.807) is 17.1 Å². The Hall–Kier alpha value is -3.29. The van der Waals surface area contributed by atoms with Crippen LogP contribution in [0.25, 0.3) is 22.4 Å². The van der Waals surface area contributed by atoms with Gasteiger partial charge in [-0.05, 0) is 24.1 Å². The first-order chi connectivity index (χ1) is 12.2. The number of rotatable bonds is 5. The van der Waals surface area contributed by atoms with Gasteiger partial charge in [0.15, 0.2) is 11.5 Å². The van der Waals surface area contributed by atoms with Crippen molar-refractivity contribution in [3.63, 3.8) is 0 Å². The summed E-state index contributed by atoms with van der Waals surface area (Å²) >= 11 is 0. The van der Waals surface area contributed by atoms with Crippen LogP contribution in [0, 0.1) is 0 Å². The molecule has 0 bridgehead atoms. The average Bonchev–Trinajstić information content (AvgIpc) is 3.30. The van der Waals surface area contributed by atoms with Crippen LogP contribution in [-0.4, -0.2) is 48.5 Å². The van der Waals surface area contributed by atoms with E-state index in [0.29, 0.717) is 5.82 Å². The van der Waals surface area contributed by atoms with Crippen LogP contribution in [-0.2, 0) is 13.5 Å². The molecule has 0 aliphatic rings. The molecule has 0 fully saturated rings. The number of likely N-dealkylation sites (N-methyl/N-ethyl adjacent to an activating group) is 1. The van der Waals surface area contributed by atoms with Gasteiger partial charge in [-0.15, -0.1) is 0 Å². The van der Waals surface area contributed by atoms with Crippen LogP contribution < -0.4 is 4.90 Å². The van der Waals surface area contributed by atoms with E-state index in [4.69, 9.17) is 4.98 Å². The van der Waals surface area contributed by atoms with Gasteiger partial charge in [-0.3, -0.25) is 14.8 Å². The zero-order valence-electron chi connectivity index (χ0n) is 14.1. The normalized spacial score (nSPS) is 11.1. The molecule has 25 heavy (non-hydrogen) atoms. The van der Waals surface area contributed by atoms with E-state index in [0.717, 1.165) is 40.9 Å². The summed E-state index contributed by atoms with van der Waals surface area (Å²) in [5, 5.41) is 12.1. The van der Waals surface area contributed by atoms with Gasteiger partial charge in [-0.2, -0.15) is 10.2 Å². The third kappa shape index (κ3) is 2.93. The first-order valence-corrected chi connectivity index (χ1v) is 8.01. The average molecular weight is 334 g/mol. The minimum atomic E-state index is 0.670. The highest BCUT2D eigenvalue weighted by molar-refractivity contribution is 5.88. The Morgan fingerprint density at radius 2 is 2.00 bits per heavy atom. The number of fused-ring (bicyclic) bond motifs is 1. The molecule has 0 saturated carbocycles. The molecule has 4 rings (SSSR count). The maximum atomic E-state index is 4.79. The fraction of sp³-hybridized carbons (Fsp3) is 0.235. The zero-order valence-corrected chi connectivity index (χ0v) is 14.1. The van der Waals surface area contributed by atoms with E-state index in [9.17, 15) is 0 Å². The molecule has 0 aromatic carbocycles. The number of aromatic nitrogens is 7. The van der Waals surface area contributed by atoms with Gasteiger partial charge in [0.25, 0.3) is 0 Å². The molecule has 0 aliphatic heterocycles. The molecule has 4 aromatic heterocycles.